The first-order valence-corrected chi connectivity index (χ1v) is 7.23. The molecule has 0 radical (unpaired) electrons. The van der Waals surface area contributed by atoms with Crippen LogP contribution in [0.15, 0.2) is 0 Å². The number of rotatable bonds is 14. The molecule has 0 saturated carbocycles. The number of hydrogen-bond acceptors (Lipinski definition) is 5. The third kappa shape index (κ3) is 18.9. The maximum Gasteiger partial charge on any atom is 0.207 e. The van der Waals surface area contributed by atoms with Crippen LogP contribution >= 0.6 is 0 Å². The zero-order chi connectivity index (χ0) is 15.6. The van der Waals surface area contributed by atoms with Gasteiger partial charge < -0.3 is 24.3 Å². The zero-order valence-electron chi connectivity index (χ0n) is 13.1. The lowest BCUT2D eigenvalue weighted by atomic mass is 10.2. The van der Waals surface area contributed by atoms with Crippen LogP contribution in [-0.2, 0) is 23.7 Å². The van der Waals surface area contributed by atoms with Gasteiger partial charge in [-0.1, -0.05) is 25.7 Å². The van der Waals surface area contributed by atoms with Gasteiger partial charge in [0.15, 0.2) is 0 Å². The van der Waals surface area contributed by atoms with Crippen molar-refractivity contribution < 1.29 is 23.7 Å². The molecule has 0 aliphatic rings. The van der Waals surface area contributed by atoms with Gasteiger partial charge in [0.2, 0.25) is 6.41 Å². The van der Waals surface area contributed by atoms with Crippen LogP contribution in [-0.4, -0.2) is 65.8 Å². The number of nitrogens with one attached hydrogen (secondary N) is 1. The third-order valence-corrected chi connectivity index (χ3v) is 2.16. The van der Waals surface area contributed by atoms with Crippen LogP contribution in [0, 0.1) is 17.8 Å². The number of amides is 1. The number of carbonyl (C=O) groups is 1. The zero-order valence-corrected chi connectivity index (χ0v) is 13.1. The summed E-state index contributed by atoms with van der Waals surface area (Å²) in [5.74, 6) is 6.34. The molecule has 0 rings (SSSR count). The number of carbonyl (C=O) groups excluding carboxylic acids is 1. The molecule has 0 bridgehead atoms. The summed E-state index contributed by atoms with van der Waals surface area (Å²) in [6.45, 7) is 8.74. The summed E-state index contributed by atoms with van der Waals surface area (Å²) in [5, 5.41) is 2.51. The Kier molecular flexibility index (Phi) is 16.0. The van der Waals surface area contributed by atoms with Crippen molar-refractivity contribution in [3.63, 3.8) is 0 Å². The minimum absolute atomic E-state index is 0.382. The van der Waals surface area contributed by atoms with Crippen molar-refractivity contribution in [2.24, 2.45) is 5.92 Å². The van der Waals surface area contributed by atoms with Crippen LogP contribution in [0.25, 0.3) is 0 Å². The van der Waals surface area contributed by atoms with Crippen molar-refractivity contribution in [3.05, 3.63) is 0 Å². The van der Waals surface area contributed by atoms with Crippen LogP contribution in [0.4, 0.5) is 0 Å². The highest BCUT2D eigenvalue weighted by Crippen LogP contribution is 1.86. The van der Waals surface area contributed by atoms with Crippen molar-refractivity contribution in [2.75, 3.05) is 59.4 Å². The lowest BCUT2D eigenvalue weighted by molar-refractivity contribution is -0.109. The van der Waals surface area contributed by atoms with E-state index in [4.69, 9.17) is 18.9 Å². The highest BCUT2D eigenvalue weighted by atomic mass is 16.6. The second-order valence-electron chi connectivity index (χ2n) is 4.44. The summed E-state index contributed by atoms with van der Waals surface area (Å²) in [5.41, 5.74) is 0. The Hall–Kier alpha value is -1.13. The van der Waals surface area contributed by atoms with Crippen molar-refractivity contribution >= 4 is 6.41 Å². The van der Waals surface area contributed by atoms with E-state index in [-0.39, 0.29) is 0 Å². The predicted molar refractivity (Wildman–Crippen MR) is 80.0 cm³/mol. The van der Waals surface area contributed by atoms with Crippen LogP contribution in [0.5, 0.6) is 0 Å². The van der Waals surface area contributed by atoms with Gasteiger partial charge in [-0.3, -0.25) is 4.79 Å². The summed E-state index contributed by atoms with van der Waals surface area (Å²) in [7, 11) is 0. The molecule has 0 heterocycles. The highest BCUT2D eigenvalue weighted by Gasteiger charge is 1.92. The topological polar surface area (TPSA) is 66.0 Å². The molecule has 0 aromatic heterocycles. The maximum absolute atomic E-state index is 9.94. The van der Waals surface area contributed by atoms with Crippen LogP contribution in [0.3, 0.4) is 0 Å². The van der Waals surface area contributed by atoms with Gasteiger partial charge in [-0.05, 0) is 0 Å². The SMILES string of the molecule is CC(C)C#CCOCCOCCOCCOCCNC=O. The van der Waals surface area contributed by atoms with E-state index < -0.39 is 0 Å². The molecule has 0 aliphatic carbocycles. The fraction of sp³-hybridized carbons (Fsp3) is 0.800. The summed E-state index contributed by atoms with van der Waals surface area (Å²) < 4.78 is 21.1. The molecule has 0 aromatic carbocycles. The lowest BCUT2D eigenvalue weighted by Crippen LogP contribution is -2.19. The van der Waals surface area contributed by atoms with Crippen molar-refractivity contribution in [3.8, 4) is 11.8 Å². The average Bonchev–Trinajstić information content (AvgIpc) is 2.46. The number of ether oxygens (including phenoxy) is 4. The second-order valence-corrected chi connectivity index (χ2v) is 4.44. The van der Waals surface area contributed by atoms with E-state index in [0.29, 0.717) is 71.7 Å². The van der Waals surface area contributed by atoms with Gasteiger partial charge >= 0.3 is 0 Å². The fourth-order valence-electron chi connectivity index (χ4n) is 1.22. The number of hydrogen-bond donors (Lipinski definition) is 1. The first-order chi connectivity index (χ1) is 10.3. The molecule has 1 amide bonds. The molecule has 1 N–H and O–H groups in total. The van der Waals surface area contributed by atoms with Gasteiger partial charge in [-0.15, -0.1) is 0 Å². The first kappa shape index (κ1) is 19.9. The molecule has 21 heavy (non-hydrogen) atoms. The molecule has 0 saturated heterocycles. The van der Waals surface area contributed by atoms with Gasteiger partial charge in [-0.2, -0.15) is 0 Å². The molecule has 0 atom stereocenters. The van der Waals surface area contributed by atoms with E-state index in [1.807, 2.05) is 13.8 Å². The standard InChI is InChI=1S/C15H27NO5/c1-15(2)4-3-6-18-8-10-20-12-13-21-11-9-19-7-5-16-14-17/h14-15H,5-13H2,1-2H3,(H,16,17). The van der Waals surface area contributed by atoms with E-state index in [1.165, 1.54) is 0 Å². The normalized spacial score (nSPS) is 10.2. The molecule has 0 fully saturated rings. The van der Waals surface area contributed by atoms with E-state index in [0.717, 1.165) is 0 Å². The molecule has 0 aromatic rings. The highest BCUT2D eigenvalue weighted by molar-refractivity contribution is 5.45. The van der Waals surface area contributed by atoms with Crippen LogP contribution in [0.1, 0.15) is 13.8 Å². The Labute approximate surface area is 127 Å². The minimum Gasteiger partial charge on any atom is -0.377 e. The van der Waals surface area contributed by atoms with Gasteiger partial charge in [0.1, 0.15) is 6.61 Å². The minimum atomic E-state index is 0.382. The summed E-state index contributed by atoms with van der Waals surface area (Å²) >= 11 is 0. The molecule has 122 valence electrons. The Bertz CT molecular complexity index is 286. The molecule has 6 heteroatoms. The fourth-order valence-corrected chi connectivity index (χ4v) is 1.22. The second kappa shape index (κ2) is 16.9. The summed E-state index contributed by atoms with van der Waals surface area (Å²) in [6.07, 6.45) is 0.651. The molecular weight excluding hydrogens is 274 g/mol. The molecule has 0 aliphatic heterocycles. The third-order valence-electron chi connectivity index (χ3n) is 2.16. The van der Waals surface area contributed by atoms with E-state index in [1.54, 1.807) is 0 Å². The Morgan fingerprint density at radius 2 is 1.43 bits per heavy atom. The molecule has 6 nitrogen and oxygen atoms in total. The monoisotopic (exact) mass is 301 g/mol. The van der Waals surface area contributed by atoms with E-state index in [9.17, 15) is 4.79 Å². The van der Waals surface area contributed by atoms with E-state index >= 15 is 0 Å². The van der Waals surface area contributed by atoms with Crippen molar-refractivity contribution in [2.45, 2.75) is 13.8 Å². The molecular formula is C15H27NO5. The van der Waals surface area contributed by atoms with Gasteiger partial charge in [0.25, 0.3) is 0 Å². The molecule has 0 spiro atoms. The Balaban J connectivity index is 3.03. The molecule has 0 unspecified atom stereocenters. The van der Waals surface area contributed by atoms with Crippen molar-refractivity contribution in [1.82, 2.24) is 5.32 Å². The van der Waals surface area contributed by atoms with Crippen LogP contribution < -0.4 is 5.32 Å². The smallest absolute Gasteiger partial charge is 0.207 e. The maximum atomic E-state index is 9.94. The Morgan fingerprint density at radius 1 is 0.905 bits per heavy atom. The average molecular weight is 301 g/mol. The lowest BCUT2D eigenvalue weighted by Gasteiger charge is -2.06. The first-order valence-electron chi connectivity index (χ1n) is 7.23. The quantitative estimate of drug-likeness (QED) is 0.287. The van der Waals surface area contributed by atoms with Gasteiger partial charge in [-0.25, -0.2) is 0 Å². The van der Waals surface area contributed by atoms with E-state index in [2.05, 4.69) is 17.2 Å². The summed E-state index contributed by atoms with van der Waals surface area (Å²) in [6, 6.07) is 0. The van der Waals surface area contributed by atoms with Crippen molar-refractivity contribution in [1.29, 1.82) is 0 Å². The van der Waals surface area contributed by atoms with Crippen LogP contribution in [0.2, 0.25) is 0 Å². The van der Waals surface area contributed by atoms with Gasteiger partial charge in [0, 0.05) is 12.5 Å². The predicted octanol–water partition coefficient (Wildman–Crippen LogP) is 0.458. The summed E-state index contributed by atoms with van der Waals surface area (Å²) in [4.78, 5) is 9.94. The Morgan fingerprint density at radius 3 is 1.95 bits per heavy atom. The largest absolute Gasteiger partial charge is 0.377 e. The van der Waals surface area contributed by atoms with Gasteiger partial charge in [0.05, 0.1) is 46.2 Å².